The lowest BCUT2D eigenvalue weighted by atomic mass is 10.0. The van der Waals surface area contributed by atoms with Crippen LogP contribution in [0.2, 0.25) is 0 Å². The van der Waals surface area contributed by atoms with E-state index in [2.05, 4.69) is 4.98 Å². The van der Waals surface area contributed by atoms with E-state index in [0.717, 1.165) is 0 Å². The van der Waals surface area contributed by atoms with Gasteiger partial charge in [0, 0.05) is 12.4 Å². The van der Waals surface area contributed by atoms with E-state index in [-0.39, 0.29) is 6.42 Å². The first-order valence-corrected chi connectivity index (χ1v) is 4.29. The van der Waals surface area contributed by atoms with Crippen LogP contribution in [0.4, 0.5) is 26.3 Å². The summed E-state index contributed by atoms with van der Waals surface area (Å²) in [6.07, 6.45) is -9.17. The second-order valence-corrected chi connectivity index (χ2v) is 3.06. The minimum absolute atomic E-state index is 0.355. The summed E-state index contributed by atoms with van der Waals surface area (Å²) in [6.45, 7) is 1.24. The molecular formula is C9H7F6N. The van der Waals surface area contributed by atoms with Gasteiger partial charge >= 0.3 is 12.4 Å². The van der Waals surface area contributed by atoms with Gasteiger partial charge in [-0.05, 0) is 12.0 Å². The first-order valence-electron chi connectivity index (χ1n) is 4.29. The molecule has 0 aliphatic rings. The molecule has 1 rings (SSSR count). The van der Waals surface area contributed by atoms with Crippen molar-refractivity contribution in [3.05, 3.63) is 29.1 Å². The molecule has 0 atom stereocenters. The molecule has 1 aromatic rings. The molecule has 0 unspecified atom stereocenters. The van der Waals surface area contributed by atoms with Crippen LogP contribution in [-0.4, -0.2) is 4.98 Å². The predicted octanol–water partition coefficient (Wildman–Crippen LogP) is 3.68. The van der Waals surface area contributed by atoms with E-state index in [1.165, 1.54) is 6.92 Å². The minimum Gasteiger partial charge on any atom is -0.263 e. The van der Waals surface area contributed by atoms with Crippen LogP contribution >= 0.6 is 0 Å². The molecule has 0 radical (unpaired) electrons. The molecule has 0 bridgehead atoms. The highest BCUT2D eigenvalue weighted by Crippen LogP contribution is 2.38. The van der Waals surface area contributed by atoms with E-state index < -0.39 is 29.0 Å². The molecule has 1 heterocycles. The van der Waals surface area contributed by atoms with Crippen molar-refractivity contribution in [3.63, 3.8) is 0 Å². The molecule has 90 valence electrons. The molecule has 0 saturated heterocycles. The summed E-state index contributed by atoms with van der Waals surface area (Å²) in [7, 11) is 0. The lowest BCUT2D eigenvalue weighted by molar-refractivity contribution is -0.144. The zero-order valence-electron chi connectivity index (χ0n) is 8.08. The van der Waals surface area contributed by atoms with E-state index in [1.807, 2.05) is 0 Å². The normalized spacial score (nSPS) is 12.9. The van der Waals surface area contributed by atoms with Crippen LogP contribution in [0.5, 0.6) is 0 Å². The quantitative estimate of drug-likeness (QED) is 0.685. The van der Waals surface area contributed by atoms with Crippen LogP contribution in [0.15, 0.2) is 12.4 Å². The fraction of sp³-hybridized carbons (Fsp3) is 0.444. The molecule has 0 N–H and O–H groups in total. The number of halogens is 6. The van der Waals surface area contributed by atoms with Crippen molar-refractivity contribution in [1.82, 2.24) is 4.98 Å². The van der Waals surface area contributed by atoms with Gasteiger partial charge in [-0.3, -0.25) is 4.98 Å². The average Bonchev–Trinajstić information content (AvgIpc) is 2.13. The molecule has 1 nitrogen and oxygen atoms in total. The third-order valence-corrected chi connectivity index (χ3v) is 2.02. The maximum Gasteiger partial charge on any atom is 0.418 e. The number of rotatable bonds is 1. The van der Waals surface area contributed by atoms with Gasteiger partial charge in [0.25, 0.3) is 0 Å². The predicted molar refractivity (Wildman–Crippen MR) is 43.6 cm³/mol. The highest BCUT2D eigenvalue weighted by atomic mass is 19.4. The van der Waals surface area contributed by atoms with Gasteiger partial charge in [0.2, 0.25) is 0 Å². The van der Waals surface area contributed by atoms with E-state index in [0.29, 0.717) is 12.4 Å². The Bertz CT molecular complexity index is 346. The van der Waals surface area contributed by atoms with Gasteiger partial charge in [0.05, 0.1) is 11.1 Å². The summed E-state index contributed by atoms with van der Waals surface area (Å²) in [5, 5.41) is 0. The Balaban J connectivity index is 3.45. The minimum atomic E-state index is -4.82. The highest BCUT2D eigenvalue weighted by molar-refractivity contribution is 5.35. The van der Waals surface area contributed by atoms with E-state index in [9.17, 15) is 26.3 Å². The van der Waals surface area contributed by atoms with Gasteiger partial charge in [-0.1, -0.05) is 6.92 Å². The average molecular weight is 243 g/mol. The maximum atomic E-state index is 12.4. The molecule has 0 spiro atoms. The smallest absolute Gasteiger partial charge is 0.263 e. The van der Waals surface area contributed by atoms with Crippen LogP contribution in [0.3, 0.4) is 0 Å². The second kappa shape index (κ2) is 3.95. The largest absolute Gasteiger partial charge is 0.418 e. The van der Waals surface area contributed by atoms with Gasteiger partial charge in [-0.25, -0.2) is 0 Å². The number of hydrogen-bond donors (Lipinski definition) is 0. The lowest BCUT2D eigenvalue weighted by Gasteiger charge is -2.16. The molecule has 0 amide bonds. The summed E-state index contributed by atoms with van der Waals surface area (Å²) in [5.41, 5.74) is -3.43. The first kappa shape index (κ1) is 12.8. The van der Waals surface area contributed by atoms with E-state index >= 15 is 0 Å². The molecule has 0 aliphatic heterocycles. The summed E-state index contributed by atoms with van der Waals surface area (Å²) >= 11 is 0. The number of alkyl halides is 6. The van der Waals surface area contributed by atoms with E-state index in [4.69, 9.17) is 0 Å². The molecule has 0 fully saturated rings. The third kappa shape index (κ3) is 2.45. The standard InChI is InChI=1S/C9H7F6N/c1-2-5-6(8(10,11)12)3-16-4-7(5)9(13,14)15/h3-4H,2H2,1H3. The van der Waals surface area contributed by atoms with Gasteiger partial charge < -0.3 is 0 Å². The number of hydrogen-bond acceptors (Lipinski definition) is 1. The van der Waals surface area contributed by atoms with Crippen molar-refractivity contribution in [2.45, 2.75) is 25.7 Å². The lowest BCUT2D eigenvalue weighted by Crippen LogP contribution is -2.16. The molecule has 0 aliphatic carbocycles. The zero-order valence-corrected chi connectivity index (χ0v) is 8.08. The van der Waals surface area contributed by atoms with Gasteiger partial charge in [0.15, 0.2) is 0 Å². The van der Waals surface area contributed by atoms with Crippen molar-refractivity contribution >= 4 is 0 Å². The van der Waals surface area contributed by atoms with Crippen LogP contribution in [0, 0.1) is 0 Å². The molecular weight excluding hydrogens is 236 g/mol. The second-order valence-electron chi connectivity index (χ2n) is 3.06. The van der Waals surface area contributed by atoms with Crippen molar-refractivity contribution in [3.8, 4) is 0 Å². The maximum absolute atomic E-state index is 12.4. The summed E-state index contributed by atoms with van der Waals surface area (Å²) in [6, 6.07) is 0. The molecule has 0 aromatic carbocycles. The number of aromatic nitrogens is 1. The monoisotopic (exact) mass is 243 g/mol. The topological polar surface area (TPSA) is 12.9 Å². The van der Waals surface area contributed by atoms with Crippen LogP contribution in [-0.2, 0) is 18.8 Å². The van der Waals surface area contributed by atoms with Crippen molar-refractivity contribution in [2.75, 3.05) is 0 Å². The first-order chi connectivity index (χ1) is 7.18. The molecule has 16 heavy (non-hydrogen) atoms. The van der Waals surface area contributed by atoms with Gasteiger partial charge in [-0.15, -0.1) is 0 Å². The Kier molecular flexibility index (Phi) is 3.16. The Morgan fingerprint density at radius 2 is 1.31 bits per heavy atom. The van der Waals surface area contributed by atoms with Crippen LogP contribution < -0.4 is 0 Å². The third-order valence-electron chi connectivity index (χ3n) is 2.02. The fourth-order valence-electron chi connectivity index (χ4n) is 1.36. The van der Waals surface area contributed by atoms with E-state index in [1.54, 1.807) is 0 Å². The highest BCUT2D eigenvalue weighted by Gasteiger charge is 2.40. The zero-order chi connectivity index (χ0) is 12.6. The Labute approximate surface area is 87.1 Å². The van der Waals surface area contributed by atoms with Gasteiger partial charge in [0.1, 0.15) is 0 Å². The van der Waals surface area contributed by atoms with Crippen LogP contribution in [0.1, 0.15) is 23.6 Å². The van der Waals surface area contributed by atoms with Gasteiger partial charge in [-0.2, -0.15) is 26.3 Å². The molecule has 1 aromatic heterocycles. The molecule has 7 heteroatoms. The van der Waals surface area contributed by atoms with Crippen molar-refractivity contribution < 1.29 is 26.3 Å². The van der Waals surface area contributed by atoms with Crippen molar-refractivity contribution in [1.29, 1.82) is 0 Å². The number of pyridine rings is 1. The van der Waals surface area contributed by atoms with Crippen molar-refractivity contribution in [2.24, 2.45) is 0 Å². The Hall–Kier alpha value is -1.27. The summed E-state index contributed by atoms with van der Waals surface area (Å²) < 4.78 is 74.4. The molecule has 0 saturated carbocycles. The summed E-state index contributed by atoms with van der Waals surface area (Å²) in [5.74, 6) is 0. The SMILES string of the molecule is CCc1c(C(F)(F)F)cncc1C(F)(F)F. The number of nitrogens with zero attached hydrogens (tertiary/aromatic N) is 1. The Morgan fingerprint density at radius 3 is 1.56 bits per heavy atom. The fourth-order valence-corrected chi connectivity index (χ4v) is 1.36. The van der Waals surface area contributed by atoms with Crippen LogP contribution in [0.25, 0.3) is 0 Å². The Morgan fingerprint density at radius 1 is 0.938 bits per heavy atom. The summed E-state index contributed by atoms with van der Waals surface area (Å²) in [4.78, 5) is 2.99.